The number of hydrogen-bond donors (Lipinski definition) is 2. The van der Waals surface area contributed by atoms with Crippen LogP contribution >= 0.6 is 0 Å². The van der Waals surface area contributed by atoms with Gasteiger partial charge in [0.2, 0.25) is 0 Å². The third-order valence-electron chi connectivity index (χ3n) is 1.16. The molecular formula is C6H15NO2. The molecule has 0 aliphatic rings. The van der Waals surface area contributed by atoms with Gasteiger partial charge in [0.25, 0.3) is 0 Å². The Balaban J connectivity index is 2.88. The second-order valence-corrected chi connectivity index (χ2v) is 1.94. The Morgan fingerprint density at radius 1 is 1.67 bits per heavy atom. The predicted octanol–water partition coefficient (Wildman–Crippen LogP) is -0.0492. The highest BCUT2D eigenvalue weighted by molar-refractivity contribution is 4.47. The van der Waals surface area contributed by atoms with Crippen LogP contribution < -0.4 is 5.32 Å². The molecule has 56 valence electrons. The zero-order chi connectivity index (χ0) is 7.11. The van der Waals surface area contributed by atoms with Crippen molar-refractivity contribution in [2.45, 2.75) is 19.1 Å². The van der Waals surface area contributed by atoms with Crippen molar-refractivity contribution in [3.63, 3.8) is 0 Å². The molecule has 2 N–H and O–H groups in total. The first-order valence-electron chi connectivity index (χ1n) is 3.15. The van der Waals surface area contributed by atoms with E-state index in [1.807, 2.05) is 0 Å². The van der Waals surface area contributed by atoms with Crippen molar-refractivity contribution in [2.24, 2.45) is 0 Å². The molecule has 0 spiro atoms. The van der Waals surface area contributed by atoms with Gasteiger partial charge in [0, 0.05) is 13.7 Å². The van der Waals surface area contributed by atoms with E-state index in [1.54, 1.807) is 14.2 Å². The maximum atomic E-state index is 8.92. The fraction of sp³-hybridized carbons (Fsp3) is 1.00. The topological polar surface area (TPSA) is 41.5 Å². The molecule has 1 atom stereocenters. The highest BCUT2D eigenvalue weighted by atomic mass is 16.5. The van der Waals surface area contributed by atoms with Gasteiger partial charge >= 0.3 is 0 Å². The summed E-state index contributed by atoms with van der Waals surface area (Å²) >= 11 is 0. The molecule has 0 radical (unpaired) electrons. The molecule has 0 saturated carbocycles. The van der Waals surface area contributed by atoms with E-state index >= 15 is 0 Å². The van der Waals surface area contributed by atoms with E-state index in [0.717, 1.165) is 19.4 Å². The van der Waals surface area contributed by atoms with Crippen LogP contribution in [0.2, 0.25) is 0 Å². The van der Waals surface area contributed by atoms with Crippen LogP contribution in [-0.2, 0) is 4.74 Å². The van der Waals surface area contributed by atoms with Crippen LogP contribution in [-0.4, -0.2) is 32.1 Å². The molecule has 0 bridgehead atoms. The van der Waals surface area contributed by atoms with Crippen LogP contribution in [0.3, 0.4) is 0 Å². The van der Waals surface area contributed by atoms with Crippen LogP contribution in [0.4, 0.5) is 0 Å². The van der Waals surface area contributed by atoms with E-state index in [-0.39, 0.29) is 6.23 Å². The van der Waals surface area contributed by atoms with Gasteiger partial charge in [-0.1, -0.05) is 0 Å². The maximum Gasteiger partial charge on any atom is 0.104 e. The molecule has 0 aromatic rings. The van der Waals surface area contributed by atoms with Crippen molar-refractivity contribution in [2.75, 3.05) is 20.8 Å². The molecule has 3 nitrogen and oxygen atoms in total. The van der Waals surface area contributed by atoms with Crippen molar-refractivity contribution in [1.29, 1.82) is 0 Å². The average Bonchev–Trinajstić information content (AvgIpc) is 1.89. The highest BCUT2D eigenvalue weighted by Crippen LogP contribution is 1.91. The lowest BCUT2D eigenvalue weighted by Gasteiger charge is -2.06. The van der Waals surface area contributed by atoms with Crippen molar-refractivity contribution in [3.05, 3.63) is 0 Å². The smallest absolute Gasteiger partial charge is 0.104 e. The maximum absolute atomic E-state index is 8.92. The van der Waals surface area contributed by atoms with Crippen LogP contribution in [0, 0.1) is 0 Å². The van der Waals surface area contributed by atoms with Gasteiger partial charge in [0.15, 0.2) is 0 Å². The number of methoxy groups -OCH3 is 1. The minimum absolute atomic E-state index is 0.375. The molecule has 0 saturated heterocycles. The van der Waals surface area contributed by atoms with Crippen LogP contribution in [0.5, 0.6) is 0 Å². The van der Waals surface area contributed by atoms with Gasteiger partial charge in [-0.2, -0.15) is 0 Å². The molecule has 0 aromatic carbocycles. The monoisotopic (exact) mass is 133 g/mol. The molecular weight excluding hydrogens is 118 g/mol. The molecule has 0 fully saturated rings. The minimum atomic E-state index is -0.375. The second kappa shape index (κ2) is 6.01. The van der Waals surface area contributed by atoms with Gasteiger partial charge in [0.05, 0.1) is 0 Å². The molecule has 0 aromatic heterocycles. The summed E-state index contributed by atoms with van der Waals surface area (Å²) in [6, 6.07) is 0. The summed E-state index contributed by atoms with van der Waals surface area (Å²) in [7, 11) is 3.39. The summed E-state index contributed by atoms with van der Waals surface area (Å²) in [5.41, 5.74) is 0. The van der Waals surface area contributed by atoms with Crippen molar-refractivity contribution >= 4 is 0 Å². The molecule has 0 heterocycles. The first-order chi connectivity index (χ1) is 4.31. The lowest BCUT2D eigenvalue weighted by molar-refractivity contribution is 0.115. The number of aliphatic hydroxyl groups excluding tert-OH is 1. The molecule has 9 heavy (non-hydrogen) atoms. The van der Waals surface area contributed by atoms with Crippen molar-refractivity contribution in [1.82, 2.24) is 5.32 Å². The second-order valence-electron chi connectivity index (χ2n) is 1.94. The van der Waals surface area contributed by atoms with Gasteiger partial charge in [-0.05, 0) is 19.9 Å². The summed E-state index contributed by atoms with van der Waals surface area (Å²) in [5, 5.41) is 11.6. The highest BCUT2D eigenvalue weighted by Gasteiger charge is 1.96. The van der Waals surface area contributed by atoms with Crippen LogP contribution in [0.15, 0.2) is 0 Å². The van der Waals surface area contributed by atoms with E-state index < -0.39 is 0 Å². The summed E-state index contributed by atoms with van der Waals surface area (Å²) in [4.78, 5) is 0. The Labute approximate surface area is 56.0 Å². The van der Waals surface area contributed by atoms with Crippen molar-refractivity contribution in [3.8, 4) is 0 Å². The molecule has 0 aliphatic carbocycles. The molecule has 0 rings (SSSR count). The lowest BCUT2D eigenvalue weighted by Crippen LogP contribution is -2.24. The average molecular weight is 133 g/mol. The van der Waals surface area contributed by atoms with Crippen LogP contribution in [0.1, 0.15) is 12.8 Å². The van der Waals surface area contributed by atoms with E-state index in [9.17, 15) is 0 Å². The summed E-state index contributed by atoms with van der Waals surface area (Å²) in [5.74, 6) is 0. The molecule has 0 amide bonds. The van der Waals surface area contributed by atoms with Gasteiger partial charge in [-0.15, -0.1) is 0 Å². The van der Waals surface area contributed by atoms with Crippen molar-refractivity contribution < 1.29 is 9.84 Å². The van der Waals surface area contributed by atoms with Gasteiger partial charge in [-0.3, -0.25) is 5.32 Å². The van der Waals surface area contributed by atoms with Gasteiger partial charge in [-0.25, -0.2) is 0 Å². The number of aliphatic hydroxyl groups is 1. The zero-order valence-corrected chi connectivity index (χ0v) is 6.05. The van der Waals surface area contributed by atoms with E-state index in [0.29, 0.717) is 0 Å². The number of rotatable bonds is 5. The zero-order valence-electron chi connectivity index (χ0n) is 6.05. The largest absolute Gasteiger partial charge is 0.385 e. The van der Waals surface area contributed by atoms with Gasteiger partial charge < -0.3 is 9.84 Å². The SMILES string of the molecule is CNC(O)CCCOC. The summed E-state index contributed by atoms with van der Waals surface area (Å²) in [6.07, 6.45) is 1.28. The molecule has 1 unspecified atom stereocenters. The fourth-order valence-corrected chi connectivity index (χ4v) is 0.565. The molecule has 0 aliphatic heterocycles. The Morgan fingerprint density at radius 2 is 2.33 bits per heavy atom. The lowest BCUT2D eigenvalue weighted by atomic mass is 10.3. The molecule has 3 heteroatoms. The third-order valence-corrected chi connectivity index (χ3v) is 1.16. The Bertz CT molecular complexity index is 59.0. The number of nitrogens with one attached hydrogen (secondary N) is 1. The fourth-order valence-electron chi connectivity index (χ4n) is 0.565. The summed E-state index contributed by atoms with van der Waals surface area (Å²) in [6.45, 7) is 0.721. The van der Waals surface area contributed by atoms with E-state index in [4.69, 9.17) is 9.84 Å². The predicted molar refractivity (Wildman–Crippen MR) is 36.2 cm³/mol. The first-order valence-corrected chi connectivity index (χ1v) is 3.15. The Hall–Kier alpha value is -0.120. The number of ether oxygens (including phenoxy) is 1. The van der Waals surface area contributed by atoms with E-state index in [2.05, 4.69) is 5.32 Å². The van der Waals surface area contributed by atoms with Gasteiger partial charge in [0.1, 0.15) is 6.23 Å². The van der Waals surface area contributed by atoms with E-state index in [1.165, 1.54) is 0 Å². The normalized spacial score (nSPS) is 13.7. The minimum Gasteiger partial charge on any atom is -0.385 e. The summed E-state index contributed by atoms with van der Waals surface area (Å²) < 4.78 is 4.80. The standard InChI is InChI=1S/C6H15NO2/c1-7-6(8)4-3-5-9-2/h6-8H,3-5H2,1-2H3. The number of hydrogen-bond acceptors (Lipinski definition) is 3. The quantitative estimate of drug-likeness (QED) is 0.408. The Kier molecular flexibility index (Phi) is 5.93. The Morgan fingerprint density at radius 3 is 2.78 bits per heavy atom. The van der Waals surface area contributed by atoms with Crippen LogP contribution in [0.25, 0.3) is 0 Å². The first kappa shape index (κ1) is 8.88. The third kappa shape index (κ3) is 5.76.